The molecule has 0 aromatic heterocycles. The van der Waals surface area contributed by atoms with Gasteiger partial charge in [0.15, 0.2) is 0 Å². The van der Waals surface area contributed by atoms with Gasteiger partial charge in [-0.1, -0.05) is 36.4 Å². The molecular formula is C30H57Cl2N4O10P3S. The van der Waals surface area contributed by atoms with Crippen molar-refractivity contribution in [2.45, 2.75) is 51.9 Å². The van der Waals surface area contributed by atoms with E-state index in [2.05, 4.69) is 14.4 Å². The first-order valence-electron chi connectivity index (χ1n) is 15.4. The van der Waals surface area contributed by atoms with Gasteiger partial charge in [-0.25, -0.2) is 4.57 Å². The van der Waals surface area contributed by atoms with Crippen LogP contribution in [0.5, 0.6) is 11.5 Å². The zero-order valence-corrected chi connectivity index (χ0v) is 35.3. The highest BCUT2D eigenvalue weighted by Crippen LogP contribution is 2.57. The van der Waals surface area contributed by atoms with Crippen molar-refractivity contribution in [3.63, 3.8) is 0 Å². The van der Waals surface area contributed by atoms with Crippen molar-refractivity contribution in [1.29, 1.82) is 0 Å². The van der Waals surface area contributed by atoms with Crippen molar-refractivity contribution in [3.8, 4) is 11.5 Å². The second kappa shape index (κ2) is 25.9. The van der Waals surface area contributed by atoms with Gasteiger partial charge in [0.25, 0.3) is 10.1 Å². The molecule has 3 rings (SSSR count). The number of rotatable bonds is 14. The average Bonchev–Trinajstić information content (AvgIpc) is 3.74. The lowest BCUT2D eigenvalue weighted by molar-refractivity contribution is 0.265. The van der Waals surface area contributed by atoms with Crippen LogP contribution in [0.4, 0.5) is 0 Å². The van der Waals surface area contributed by atoms with E-state index in [1.165, 1.54) is 0 Å². The summed E-state index contributed by atoms with van der Waals surface area (Å²) in [4.78, 5) is 0. The molecule has 1 heterocycles. The predicted molar refractivity (Wildman–Crippen MR) is 207 cm³/mol. The molecule has 0 amide bonds. The molecule has 6 N–H and O–H groups in total. The Bertz CT molecular complexity index is 1380. The van der Waals surface area contributed by atoms with Crippen molar-refractivity contribution in [2.75, 3.05) is 64.6 Å². The van der Waals surface area contributed by atoms with Crippen LogP contribution < -0.4 is 25.0 Å². The van der Waals surface area contributed by atoms with Gasteiger partial charge in [-0.3, -0.25) is 14.4 Å². The van der Waals surface area contributed by atoms with E-state index in [4.69, 9.17) is 48.2 Å². The fourth-order valence-electron chi connectivity index (χ4n) is 3.28. The first-order chi connectivity index (χ1) is 22.9. The number of aliphatic hydroxyl groups is 2. The van der Waals surface area contributed by atoms with Crippen LogP contribution in [0.3, 0.4) is 0 Å². The lowest BCUT2D eigenvalue weighted by Gasteiger charge is -2.20. The molecule has 1 saturated heterocycles. The standard InChI is InChI=1S/C15H16NO3P.C6H16NO4PS.C5H14NO2P.C3H9NO.CH2Cl2/c1-13-12-16(13)20(17,18-14-8-4-2-5-9-14)19-15-10-6-3-7-11-15;1-6(7-12(2,3)8)5-11-13(4,9)10;1-5(4-7)6-9(2,3)8;1-3(4)2-5;2-1-3/h2-11,13H,12H2,1H3;6H,5H2,1-4H3,(H,7,8);5,7H,4H2,1-3H3,(H,6,8);3,5H,2,4H2,1H3;1H2/t13-,16?;6-;5-;3-;/m1111./s1. The van der Waals surface area contributed by atoms with Crippen LogP contribution in [0.1, 0.15) is 27.7 Å². The van der Waals surface area contributed by atoms with Gasteiger partial charge in [0, 0.05) is 57.4 Å². The average molecular weight is 830 g/mol. The molecule has 0 saturated carbocycles. The molecular weight excluding hydrogens is 772 g/mol. The second-order valence-electron chi connectivity index (χ2n) is 11.9. The van der Waals surface area contributed by atoms with E-state index < -0.39 is 32.4 Å². The summed E-state index contributed by atoms with van der Waals surface area (Å²) in [6.07, 6.45) is 0.983. The van der Waals surface area contributed by atoms with Crippen LogP contribution >= 0.6 is 45.5 Å². The maximum atomic E-state index is 13.0. The van der Waals surface area contributed by atoms with Crippen molar-refractivity contribution in [1.82, 2.24) is 14.8 Å². The van der Waals surface area contributed by atoms with E-state index >= 15 is 0 Å². The Morgan fingerprint density at radius 3 is 1.42 bits per heavy atom. The normalized spacial score (nSPS) is 17.2. The number of halogens is 2. The second-order valence-corrected chi connectivity index (χ2v) is 22.1. The number of nitrogens with two attached hydrogens (primary N) is 1. The molecule has 0 bridgehead atoms. The molecule has 50 heavy (non-hydrogen) atoms. The van der Waals surface area contributed by atoms with Crippen LogP contribution in [0.2, 0.25) is 0 Å². The Hall–Kier alpha value is -1.02. The molecule has 0 spiro atoms. The van der Waals surface area contributed by atoms with Gasteiger partial charge in [-0.15, -0.1) is 23.2 Å². The van der Waals surface area contributed by atoms with Gasteiger partial charge in [0.1, 0.15) is 26.1 Å². The predicted octanol–water partition coefficient (Wildman–Crippen LogP) is 5.68. The number of hydrogen-bond acceptors (Lipinski definition) is 11. The topological polar surface area (TPSA) is 207 Å². The summed E-state index contributed by atoms with van der Waals surface area (Å²) in [5, 5.41) is 22.3. The molecule has 20 heteroatoms. The van der Waals surface area contributed by atoms with E-state index in [0.29, 0.717) is 11.5 Å². The number of benzene rings is 2. The van der Waals surface area contributed by atoms with E-state index in [1.54, 1.807) is 76.4 Å². The summed E-state index contributed by atoms with van der Waals surface area (Å²) in [5.41, 5.74) is 5.04. The first kappa shape index (κ1) is 51.1. The molecule has 0 aliphatic carbocycles. The van der Waals surface area contributed by atoms with Crippen molar-refractivity contribution < 1.29 is 45.6 Å². The van der Waals surface area contributed by atoms with Gasteiger partial charge in [-0.05, 0) is 52.0 Å². The number of para-hydroxylation sites is 2. The highest BCUT2D eigenvalue weighted by molar-refractivity contribution is 7.86. The van der Waals surface area contributed by atoms with E-state index in [0.717, 1.165) is 12.8 Å². The Morgan fingerprint density at radius 1 is 0.840 bits per heavy atom. The Kier molecular flexibility index (Phi) is 26.4. The molecule has 2 aromatic rings. The number of aliphatic hydroxyl groups excluding tert-OH is 2. The summed E-state index contributed by atoms with van der Waals surface area (Å²) in [6, 6.07) is 18.1. The number of hydrogen-bond donors (Lipinski definition) is 5. The Morgan fingerprint density at radius 2 is 1.18 bits per heavy atom. The summed E-state index contributed by atoms with van der Waals surface area (Å²) in [6.45, 7) is 14.5. The monoisotopic (exact) mass is 828 g/mol. The minimum absolute atomic E-state index is 0.00447. The summed E-state index contributed by atoms with van der Waals surface area (Å²) >= 11 is 9.53. The molecule has 1 aliphatic heterocycles. The third-order valence-corrected chi connectivity index (χ3v) is 9.98. The maximum absolute atomic E-state index is 13.0. The van der Waals surface area contributed by atoms with E-state index in [-0.39, 0.29) is 49.3 Å². The summed E-state index contributed by atoms with van der Waals surface area (Å²) in [5.74, 6) is 1.09. The van der Waals surface area contributed by atoms with Gasteiger partial charge < -0.3 is 34.1 Å². The minimum Gasteiger partial charge on any atom is -0.404 e. The third-order valence-electron chi connectivity index (χ3n) is 5.23. The fraction of sp³-hybridized carbons (Fsp3) is 0.600. The number of alkyl halides is 2. The van der Waals surface area contributed by atoms with Gasteiger partial charge >= 0.3 is 7.75 Å². The minimum atomic E-state index is -3.40. The van der Waals surface area contributed by atoms with Crippen LogP contribution in [-0.4, -0.2) is 112 Å². The molecule has 292 valence electrons. The zero-order valence-electron chi connectivity index (χ0n) is 30.3. The molecule has 14 nitrogen and oxygen atoms in total. The Labute approximate surface area is 309 Å². The number of nitrogens with zero attached hydrogens (tertiary/aromatic N) is 1. The highest BCUT2D eigenvalue weighted by atomic mass is 35.5. The lowest BCUT2D eigenvalue weighted by atomic mass is 10.3. The van der Waals surface area contributed by atoms with Crippen LogP contribution in [0, 0.1) is 0 Å². The molecule has 1 unspecified atom stereocenters. The molecule has 1 fully saturated rings. The largest absolute Gasteiger partial charge is 0.515 e. The van der Waals surface area contributed by atoms with Gasteiger partial charge in [0.05, 0.1) is 31.4 Å². The highest BCUT2D eigenvalue weighted by Gasteiger charge is 2.50. The molecule has 1 aliphatic rings. The maximum Gasteiger partial charge on any atom is 0.515 e. The van der Waals surface area contributed by atoms with Crippen LogP contribution in [0.25, 0.3) is 0 Å². The first-order valence-corrected chi connectivity index (χ1v) is 25.0. The quantitative estimate of drug-likeness (QED) is 0.0673. The number of nitrogens with one attached hydrogen (secondary N) is 2. The third kappa shape index (κ3) is 30.6. The smallest absolute Gasteiger partial charge is 0.404 e. The fourth-order valence-corrected chi connectivity index (χ4v) is 7.96. The summed E-state index contributed by atoms with van der Waals surface area (Å²) < 4.78 is 74.0. The van der Waals surface area contributed by atoms with Crippen LogP contribution in [0.15, 0.2) is 60.7 Å². The molecule has 2 aromatic carbocycles. The SMILES string of the molecule is C[C@@H](N)CO.C[C@@H]1CN1P(=O)(Oc1ccccc1)Oc1ccccc1.C[C@H](CO)NP(C)(C)=O.C[C@H](COS(C)(=O)=O)NP(C)(C)=O.ClCCl. The van der Waals surface area contributed by atoms with E-state index in [9.17, 15) is 22.1 Å². The van der Waals surface area contributed by atoms with Crippen molar-refractivity contribution in [3.05, 3.63) is 60.7 Å². The van der Waals surface area contributed by atoms with Gasteiger partial charge in [0.2, 0.25) is 0 Å². The van der Waals surface area contributed by atoms with E-state index in [1.807, 2.05) is 43.3 Å². The van der Waals surface area contributed by atoms with Crippen molar-refractivity contribution >= 4 is 55.7 Å². The molecule has 5 atom stereocenters. The van der Waals surface area contributed by atoms with Crippen molar-refractivity contribution in [2.24, 2.45) is 5.73 Å². The zero-order chi connectivity index (χ0) is 39.2. The van der Waals surface area contributed by atoms with Crippen LogP contribution in [-0.2, 0) is 28.0 Å². The Balaban J connectivity index is 0. The lowest BCUT2D eigenvalue weighted by Crippen LogP contribution is -2.28. The molecule has 0 radical (unpaired) electrons. The van der Waals surface area contributed by atoms with Gasteiger partial charge in [-0.2, -0.15) is 13.1 Å². The summed E-state index contributed by atoms with van der Waals surface area (Å²) in [7, 11) is -11.2.